The molecule has 0 aliphatic heterocycles. The first kappa shape index (κ1) is 14.9. The summed E-state index contributed by atoms with van der Waals surface area (Å²) < 4.78 is 12.8. The number of carbonyl (C=O) groups excluding carboxylic acids is 1. The molecule has 5 heteroatoms. The third-order valence-electron chi connectivity index (χ3n) is 3.39. The van der Waals surface area contributed by atoms with Gasteiger partial charge in [-0.15, -0.1) is 0 Å². The van der Waals surface area contributed by atoms with Gasteiger partial charge in [-0.3, -0.25) is 9.69 Å². The molecule has 1 fully saturated rings. The smallest absolute Gasteiger partial charge is 0.238 e. The predicted molar refractivity (Wildman–Crippen MR) is 75.9 cm³/mol. The summed E-state index contributed by atoms with van der Waals surface area (Å²) in [6.07, 6.45) is 3.95. The van der Waals surface area contributed by atoms with Gasteiger partial charge in [-0.05, 0) is 56.5 Å². The van der Waals surface area contributed by atoms with E-state index < -0.39 is 0 Å². The van der Waals surface area contributed by atoms with E-state index in [0.29, 0.717) is 18.3 Å². The fraction of sp³-hybridized carbons (Fsp3) is 0.533. The molecule has 0 atom stereocenters. The molecule has 0 unspecified atom stereocenters. The molecule has 1 aliphatic carbocycles. The fourth-order valence-electron chi connectivity index (χ4n) is 2.18. The van der Waals surface area contributed by atoms with Crippen LogP contribution in [0.3, 0.4) is 0 Å². The first-order chi connectivity index (χ1) is 9.69. The molecule has 0 radical (unpaired) electrons. The van der Waals surface area contributed by atoms with Gasteiger partial charge in [-0.25, -0.2) is 4.39 Å². The molecule has 1 aromatic carbocycles. The van der Waals surface area contributed by atoms with Gasteiger partial charge in [0, 0.05) is 18.3 Å². The van der Waals surface area contributed by atoms with Crippen molar-refractivity contribution in [3.8, 4) is 0 Å². The topological polar surface area (TPSA) is 52.6 Å². The zero-order valence-corrected chi connectivity index (χ0v) is 11.5. The Kier molecular flexibility index (Phi) is 5.49. The number of amides is 1. The lowest BCUT2D eigenvalue weighted by Crippen LogP contribution is -2.35. The first-order valence-corrected chi connectivity index (χ1v) is 7.09. The van der Waals surface area contributed by atoms with Crippen LogP contribution in [-0.4, -0.2) is 41.7 Å². The van der Waals surface area contributed by atoms with Crippen LogP contribution in [0, 0.1) is 5.82 Å². The van der Waals surface area contributed by atoms with Crippen LogP contribution in [0.4, 0.5) is 10.1 Å². The lowest BCUT2D eigenvalue weighted by molar-refractivity contribution is -0.117. The number of aliphatic hydroxyl groups is 1. The summed E-state index contributed by atoms with van der Waals surface area (Å²) in [5, 5.41) is 11.6. The van der Waals surface area contributed by atoms with Crippen LogP contribution in [0.5, 0.6) is 0 Å². The Labute approximate surface area is 118 Å². The van der Waals surface area contributed by atoms with Gasteiger partial charge in [0.05, 0.1) is 6.54 Å². The van der Waals surface area contributed by atoms with Crippen molar-refractivity contribution in [2.24, 2.45) is 0 Å². The van der Waals surface area contributed by atoms with Crippen LogP contribution in [0.2, 0.25) is 0 Å². The minimum absolute atomic E-state index is 0.0764. The Bertz CT molecular complexity index is 432. The van der Waals surface area contributed by atoms with E-state index >= 15 is 0 Å². The molecule has 0 bridgehead atoms. The van der Waals surface area contributed by atoms with Crippen LogP contribution in [0.25, 0.3) is 0 Å². The van der Waals surface area contributed by atoms with Crippen molar-refractivity contribution in [2.75, 3.05) is 25.0 Å². The number of halogens is 1. The van der Waals surface area contributed by atoms with Gasteiger partial charge in [0.25, 0.3) is 0 Å². The number of carbonyl (C=O) groups is 1. The van der Waals surface area contributed by atoms with Crippen molar-refractivity contribution in [1.82, 2.24) is 4.90 Å². The quantitative estimate of drug-likeness (QED) is 0.716. The van der Waals surface area contributed by atoms with Gasteiger partial charge in [0.1, 0.15) is 5.82 Å². The number of rotatable bonds is 8. The summed E-state index contributed by atoms with van der Waals surface area (Å²) in [5.74, 6) is -0.390. The van der Waals surface area contributed by atoms with Gasteiger partial charge in [0.2, 0.25) is 5.91 Å². The summed E-state index contributed by atoms with van der Waals surface area (Å²) in [6, 6.07) is 6.28. The van der Waals surface area contributed by atoms with E-state index in [4.69, 9.17) is 5.11 Å². The SMILES string of the molecule is O=C(CN(CCCCO)C1CC1)Nc1ccc(F)cc1. The van der Waals surface area contributed by atoms with E-state index in [2.05, 4.69) is 10.2 Å². The molecule has 1 aliphatic rings. The van der Waals surface area contributed by atoms with Crippen molar-refractivity contribution in [3.05, 3.63) is 30.1 Å². The van der Waals surface area contributed by atoms with Gasteiger partial charge in [-0.1, -0.05) is 0 Å². The van der Waals surface area contributed by atoms with Crippen LogP contribution in [0.1, 0.15) is 25.7 Å². The van der Waals surface area contributed by atoms with E-state index in [1.54, 1.807) is 12.1 Å². The van der Waals surface area contributed by atoms with Gasteiger partial charge >= 0.3 is 0 Å². The highest BCUT2D eigenvalue weighted by molar-refractivity contribution is 5.92. The molecule has 1 aromatic rings. The molecule has 0 aromatic heterocycles. The second-order valence-electron chi connectivity index (χ2n) is 5.19. The van der Waals surface area contributed by atoms with E-state index in [0.717, 1.165) is 32.2 Å². The maximum atomic E-state index is 12.8. The molecule has 1 amide bonds. The normalized spacial score (nSPS) is 14.6. The number of unbranched alkanes of at least 4 members (excludes halogenated alkanes) is 1. The molecule has 0 spiro atoms. The van der Waals surface area contributed by atoms with Crippen molar-refractivity contribution < 1.29 is 14.3 Å². The third-order valence-corrected chi connectivity index (χ3v) is 3.39. The van der Waals surface area contributed by atoms with E-state index in [1.807, 2.05) is 0 Å². The van der Waals surface area contributed by atoms with Gasteiger partial charge in [0.15, 0.2) is 0 Å². The van der Waals surface area contributed by atoms with Crippen molar-refractivity contribution in [2.45, 2.75) is 31.7 Å². The number of hydrogen-bond donors (Lipinski definition) is 2. The molecule has 0 saturated heterocycles. The Morgan fingerprint density at radius 2 is 2.00 bits per heavy atom. The van der Waals surface area contributed by atoms with E-state index in [-0.39, 0.29) is 18.3 Å². The highest BCUT2D eigenvalue weighted by atomic mass is 19.1. The zero-order valence-electron chi connectivity index (χ0n) is 11.5. The Hall–Kier alpha value is -1.46. The Morgan fingerprint density at radius 3 is 2.60 bits per heavy atom. The summed E-state index contributed by atoms with van der Waals surface area (Å²) in [6.45, 7) is 1.38. The van der Waals surface area contributed by atoms with Gasteiger partial charge in [-0.2, -0.15) is 0 Å². The molecule has 2 N–H and O–H groups in total. The third kappa shape index (κ3) is 4.90. The second kappa shape index (κ2) is 7.36. The lowest BCUT2D eigenvalue weighted by Gasteiger charge is -2.21. The number of hydrogen-bond acceptors (Lipinski definition) is 3. The minimum atomic E-state index is -0.313. The second-order valence-corrected chi connectivity index (χ2v) is 5.19. The standard InChI is InChI=1S/C15H21FN2O2/c16-12-3-5-13(6-4-12)17-15(20)11-18(14-7-8-14)9-1-2-10-19/h3-6,14,19H,1-2,7-11H2,(H,17,20). The molecular weight excluding hydrogens is 259 g/mol. The van der Waals surface area contributed by atoms with Gasteiger partial charge < -0.3 is 10.4 Å². The van der Waals surface area contributed by atoms with Crippen molar-refractivity contribution >= 4 is 11.6 Å². The van der Waals surface area contributed by atoms with Crippen molar-refractivity contribution in [1.29, 1.82) is 0 Å². The van der Waals surface area contributed by atoms with Crippen LogP contribution >= 0.6 is 0 Å². The maximum Gasteiger partial charge on any atom is 0.238 e. The average Bonchev–Trinajstić information content (AvgIpc) is 3.25. The lowest BCUT2D eigenvalue weighted by atomic mass is 10.3. The number of anilines is 1. The minimum Gasteiger partial charge on any atom is -0.396 e. The van der Waals surface area contributed by atoms with E-state index in [1.165, 1.54) is 12.1 Å². The fourth-order valence-corrected chi connectivity index (χ4v) is 2.18. The first-order valence-electron chi connectivity index (χ1n) is 7.09. The monoisotopic (exact) mass is 280 g/mol. The van der Waals surface area contributed by atoms with E-state index in [9.17, 15) is 9.18 Å². The van der Waals surface area contributed by atoms with Crippen LogP contribution < -0.4 is 5.32 Å². The highest BCUT2D eigenvalue weighted by Gasteiger charge is 2.29. The maximum absolute atomic E-state index is 12.8. The highest BCUT2D eigenvalue weighted by Crippen LogP contribution is 2.26. The Morgan fingerprint density at radius 1 is 1.30 bits per heavy atom. The summed E-state index contributed by atoms with van der Waals surface area (Å²) in [7, 11) is 0. The van der Waals surface area contributed by atoms with Crippen LogP contribution in [0.15, 0.2) is 24.3 Å². The number of nitrogens with zero attached hydrogens (tertiary/aromatic N) is 1. The summed E-state index contributed by atoms with van der Waals surface area (Å²) >= 11 is 0. The molecule has 20 heavy (non-hydrogen) atoms. The number of nitrogens with one attached hydrogen (secondary N) is 1. The van der Waals surface area contributed by atoms with Crippen LogP contribution in [-0.2, 0) is 4.79 Å². The number of aliphatic hydroxyl groups excluding tert-OH is 1. The number of benzene rings is 1. The molecule has 0 heterocycles. The average molecular weight is 280 g/mol. The molecule has 4 nitrogen and oxygen atoms in total. The zero-order chi connectivity index (χ0) is 14.4. The molecular formula is C15H21FN2O2. The molecule has 1 saturated carbocycles. The predicted octanol–water partition coefficient (Wildman–Crippen LogP) is 2.00. The summed E-state index contributed by atoms with van der Waals surface area (Å²) in [4.78, 5) is 14.1. The largest absolute Gasteiger partial charge is 0.396 e. The molecule has 2 rings (SSSR count). The Balaban J connectivity index is 1.80. The molecule has 110 valence electrons. The summed E-state index contributed by atoms with van der Waals surface area (Å²) in [5.41, 5.74) is 0.613. The van der Waals surface area contributed by atoms with Crippen molar-refractivity contribution in [3.63, 3.8) is 0 Å².